The Balaban J connectivity index is 1.80. The lowest BCUT2D eigenvalue weighted by Crippen LogP contribution is -2.51. The van der Waals surface area contributed by atoms with E-state index >= 15 is 0 Å². The molecule has 1 aromatic carbocycles. The summed E-state index contributed by atoms with van der Waals surface area (Å²) in [6.45, 7) is 3.57. The van der Waals surface area contributed by atoms with E-state index in [-0.39, 0.29) is 18.3 Å². The van der Waals surface area contributed by atoms with Crippen molar-refractivity contribution in [2.45, 2.75) is 6.92 Å². The Morgan fingerprint density at radius 3 is 2.47 bits per heavy atom. The van der Waals surface area contributed by atoms with E-state index in [0.717, 1.165) is 13.1 Å². The van der Waals surface area contributed by atoms with Gasteiger partial charge in [-0.05, 0) is 31.2 Å². The van der Waals surface area contributed by atoms with Gasteiger partial charge in [0.15, 0.2) is 5.78 Å². The quantitative estimate of drug-likeness (QED) is 0.768. The highest BCUT2D eigenvalue weighted by Gasteiger charge is 2.27. The number of anilines is 1. The molecule has 0 atom stereocenters. The van der Waals surface area contributed by atoms with Crippen molar-refractivity contribution >= 4 is 17.4 Å². The SMILES string of the molecule is CC(=O)c1ccc(NC(=O)CN2CC(CO)C2)cc1. The number of carbonyl (C=O) groups excluding carboxylic acids is 2. The highest BCUT2D eigenvalue weighted by Crippen LogP contribution is 2.14. The molecule has 0 radical (unpaired) electrons. The Labute approximate surface area is 112 Å². The number of nitrogens with zero attached hydrogens (tertiary/aromatic N) is 1. The maximum atomic E-state index is 11.7. The molecular formula is C14H18N2O3. The third-order valence-corrected chi connectivity index (χ3v) is 3.23. The van der Waals surface area contributed by atoms with Crippen LogP contribution in [0.5, 0.6) is 0 Å². The normalized spacial score (nSPS) is 15.9. The summed E-state index contributed by atoms with van der Waals surface area (Å²) < 4.78 is 0. The second-order valence-corrected chi connectivity index (χ2v) is 4.92. The fourth-order valence-electron chi connectivity index (χ4n) is 2.11. The molecule has 0 bridgehead atoms. The largest absolute Gasteiger partial charge is 0.396 e. The Hall–Kier alpha value is -1.72. The molecule has 2 rings (SSSR count). The van der Waals surface area contributed by atoms with Crippen LogP contribution in [0.4, 0.5) is 5.69 Å². The van der Waals surface area contributed by atoms with Crippen molar-refractivity contribution in [3.8, 4) is 0 Å². The maximum Gasteiger partial charge on any atom is 0.238 e. The van der Waals surface area contributed by atoms with Gasteiger partial charge in [0.2, 0.25) is 5.91 Å². The van der Waals surface area contributed by atoms with E-state index in [0.29, 0.717) is 23.7 Å². The number of aliphatic hydroxyl groups excluding tert-OH is 1. The molecule has 19 heavy (non-hydrogen) atoms. The van der Waals surface area contributed by atoms with Crippen LogP contribution in [0.1, 0.15) is 17.3 Å². The van der Waals surface area contributed by atoms with Gasteiger partial charge in [0, 0.05) is 36.9 Å². The number of Topliss-reactive ketones (excluding diaryl/α,β-unsaturated/α-hetero) is 1. The summed E-state index contributed by atoms with van der Waals surface area (Å²) in [4.78, 5) is 24.8. The average molecular weight is 262 g/mol. The zero-order chi connectivity index (χ0) is 13.8. The van der Waals surface area contributed by atoms with E-state index in [1.165, 1.54) is 6.92 Å². The van der Waals surface area contributed by atoms with Gasteiger partial charge in [-0.25, -0.2) is 0 Å². The van der Waals surface area contributed by atoms with E-state index in [1.54, 1.807) is 24.3 Å². The summed E-state index contributed by atoms with van der Waals surface area (Å²) in [6.07, 6.45) is 0. The molecule has 1 aliphatic rings. The average Bonchev–Trinajstić information content (AvgIpc) is 2.33. The van der Waals surface area contributed by atoms with Crippen LogP contribution in [0.15, 0.2) is 24.3 Å². The molecule has 1 aromatic rings. The van der Waals surface area contributed by atoms with Gasteiger partial charge in [0.25, 0.3) is 0 Å². The van der Waals surface area contributed by atoms with Crippen molar-refractivity contribution in [1.82, 2.24) is 4.90 Å². The minimum absolute atomic E-state index is 0.00787. The van der Waals surface area contributed by atoms with Crippen molar-refractivity contribution in [3.63, 3.8) is 0 Å². The maximum absolute atomic E-state index is 11.7. The first-order valence-electron chi connectivity index (χ1n) is 6.32. The number of amides is 1. The number of rotatable bonds is 5. The summed E-state index contributed by atoms with van der Waals surface area (Å²) in [6, 6.07) is 6.84. The Kier molecular flexibility index (Phi) is 4.29. The number of hydrogen-bond acceptors (Lipinski definition) is 4. The molecule has 1 fully saturated rings. The highest BCUT2D eigenvalue weighted by molar-refractivity contribution is 5.96. The second kappa shape index (κ2) is 5.95. The van der Waals surface area contributed by atoms with E-state index in [1.807, 2.05) is 4.90 Å². The molecular weight excluding hydrogens is 244 g/mol. The number of aliphatic hydroxyl groups is 1. The molecule has 0 aromatic heterocycles. The topological polar surface area (TPSA) is 69.6 Å². The van der Waals surface area contributed by atoms with Gasteiger partial charge in [-0.2, -0.15) is 0 Å². The molecule has 0 aliphatic carbocycles. The van der Waals surface area contributed by atoms with Crippen LogP contribution in [0.25, 0.3) is 0 Å². The molecule has 5 heteroatoms. The van der Waals surface area contributed by atoms with Crippen LogP contribution in [0.3, 0.4) is 0 Å². The van der Waals surface area contributed by atoms with Crippen LogP contribution in [0, 0.1) is 5.92 Å². The van der Waals surface area contributed by atoms with Gasteiger partial charge >= 0.3 is 0 Å². The number of hydrogen-bond donors (Lipinski definition) is 2. The monoisotopic (exact) mass is 262 g/mol. The molecule has 1 heterocycles. The van der Waals surface area contributed by atoms with Crippen molar-refractivity contribution < 1.29 is 14.7 Å². The first-order valence-corrected chi connectivity index (χ1v) is 6.32. The Morgan fingerprint density at radius 1 is 1.32 bits per heavy atom. The fourth-order valence-corrected chi connectivity index (χ4v) is 2.11. The molecule has 0 saturated carbocycles. The van der Waals surface area contributed by atoms with Gasteiger partial charge < -0.3 is 10.4 Å². The summed E-state index contributed by atoms with van der Waals surface area (Å²) in [5, 5.41) is 11.7. The second-order valence-electron chi connectivity index (χ2n) is 4.92. The van der Waals surface area contributed by atoms with E-state index in [2.05, 4.69) is 5.32 Å². The summed E-state index contributed by atoms with van der Waals surface area (Å²) in [5.74, 6) is 0.239. The van der Waals surface area contributed by atoms with Gasteiger partial charge in [-0.3, -0.25) is 14.5 Å². The molecule has 0 spiro atoms. The minimum Gasteiger partial charge on any atom is -0.396 e. The molecule has 2 N–H and O–H groups in total. The van der Waals surface area contributed by atoms with Crippen LogP contribution in [-0.2, 0) is 4.79 Å². The van der Waals surface area contributed by atoms with Gasteiger partial charge in [0.1, 0.15) is 0 Å². The van der Waals surface area contributed by atoms with Crippen molar-refractivity contribution in [1.29, 1.82) is 0 Å². The van der Waals surface area contributed by atoms with Crippen molar-refractivity contribution in [2.24, 2.45) is 5.92 Å². The minimum atomic E-state index is -0.0769. The standard InChI is InChI=1S/C14H18N2O3/c1-10(18)12-2-4-13(5-3-12)15-14(19)8-16-6-11(7-16)9-17/h2-5,11,17H,6-9H2,1H3,(H,15,19). The van der Waals surface area contributed by atoms with E-state index in [9.17, 15) is 9.59 Å². The predicted octanol–water partition coefficient (Wildman–Crippen LogP) is 0.752. The molecule has 5 nitrogen and oxygen atoms in total. The highest BCUT2D eigenvalue weighted by atomic mass is 16.3. The number of ketones is 1. The van der Waals surface area contributed by atoms with Crippen LogP contribution >= 0.6 is 0 Å². The smallest absolute Gasteiger partial charge is 0.238 e. The van der Waals surface area contributed by atoms with E-state index < -0.39 is 0 Å². The van der Waals surface area contributed by atoms with Gasteiger partial charge in [-0.15, -0.1) is 0 Å². The molecule has 1 saturated heterocycles. The summed E-state index contributed by atoms with van der Waals surface area (Å²) >= 11 is 0. The van der Waals surface area contributed by atoms with Crippen LogP contribution in [0.2, 0.25) is 0 Å². The third kappa shape index (κ3) is 3.62. The first-order chi connectivity index (χ1) is 9.08. The molecule has 1 amide bonds. The van der Waals surface area contributed by atoms with Gasteiger partial charge in [-0.1, -0.05) is 0 Å². The van der Waals surface area contributed by atoms with Crippen LogP contribution in [-0.4, -0.2) is 47.9 Å². The third-order valence-electron chi connectivity index (χ3n) is 3.23. The lowest BCUT2D eigenvalue weighted by atomic mass is 10.0. The summed E-state index contributed by atoms with van der Waals surface area (Å²) in [7, 11) is 0. The Morgan fingerprint density at radius 2 is 1.95 bits per heavy atom. The zero-order valence-corrected chi connectivity index (χ0v) is 10.9. The number of nitrogens with one attached hydrogen (secondary N) is 1. The molecule has 1 aliphatic heterocycles. The predicted molar refractivity (Wildman–Crippen MR) is 72.1 cm³/mol. The lowest BCUT2D eigenvalue weighted by molar-refractivity contribution is -0.119. The van der Waals surface area contributed by atoms with Gasteiger partial charge in [0.05, 0.1) is 6.54 Å². The van der Waals surface area contributed by atoms with Crippen molar-refractivity contribution in [2.75, 3.05) is 31.6 Å². The number of benzene rings is 1. The molecule has 102 valence electrons. The van der Waals surface area contributed by atoms with Crippen LogP contribution < -0.4 is 5.32 Å². The first kappa shape index (κ1) is 13.7. The Bertz CT molecular complexity index is 464. The zero-order valence-electron chi connectivity index (χ0n) is 10.9. The fraction of sp³-hybridized carbons (Fsp3) is 0.429. The molecule has 0 unspecified atom stereocenters. The van der Waals surface area contributed by atoms with E-state index in [4.69, 9.17) is 5.11 Å². The number of likely N-dealkylation sites (tertiary alicyclic amines) is 1. The number of carbonyl (C=O) groups is 2. The van der Waals surface area contributed by atoms with Crippen molar-refractivity contribution in [3.05, 3.63) is 29.8 Å². The lowest BCUT2D eigenvalue weighted by Gasteiger charge is -2.37. The summed E-state index contributed by atoms with van der Waals surface area (Å²) in [5.41, 5.74) is 1.32.